The summed E-state index contributed by atoms with van der Waals surface area (Å²) in [5, 5.41) is 12.0. The molecule has 0 saturated carbocycles. The Kier molecular flexibility index (Phi) is 7.15. The van der Waals surface area contributed by atoms with Crippen LogP contribution in [-0.4, -0.2) is 35.6 Å². The van der Waals surface area contributed by atoms with Gasteiger partial charge in [0.25, 0.3) is 0 Å². The second kappa shape index (κ2) is 9.36. The van der Waals surface area contributed by atoms with Crippen LogP contribution < -0.4 is 10.1 Å². The summed E-state index contributed by atoms with van der Waals surface area (Å²) in [5.41, 5.74) is 0.900. The number of esters is 1. The number of carbonyl (C=O) groups is 1. The van der Waals surface area contributed by atoms with Gasteiger partial charge in [0.05, 0.1) is 19.5 Å². The number of aromatic nitrogens is 2. The predicted molar refractivity (Wildman–Crippen MR) is 92.8 cm³/mol. The molecule has 0 spiro atoms. The molecular formula is C15H19N3O3S2. The van der Waals surface area contributed by atoms with Crippen LogP contribution in [0.2, 0.25) is 0 Å². The fourth-order valence-electron chi connectivity index (χ4n) is 1.61. The molecule has 2 aromatic rings. The average Bonchev–Trinajstić information content (AvgIpc) is 3.01. The highest BCUT2D eigenvalue weighted by Gasteiger charge is 2.09. The molecule has 1 heterocycles. The lowest BCUT2D eigenvalue weighted by Crippen LogP contribution is -2.08. The van der Waals surface area contributed by atoms with Crippen molar-refractivity contribution in [2.75, 3.05) is 24.8 Å². The summed E-state index contributed by atoms with van der Waals surface area (Å²) in [4.78, 5) is 11.5. The molecule has 6 nitrogen and oxygen atoms in total. The quantitative estimate of drug-likeness (QED) is 0.418. The first-order valence-corrected chi connectivity index (χ1v) is 9.04. The van der Waals surface area contributed by atoms with E-state index in [2.05, 4.69) is 22.4 Å². The van der Waals surface area contributed by atoms with Crippen molar-refractivity contribution in [3.63, 3.8) is 0 Å². The molecule has 1 aromatic carbocycles. The molecule has 8 heteroatoms. The van der Waals surface area contributed by atoms with E-state index in [0.717, 1.165) is 28.6 Å². The van der Waals surface area contributed by atoms with Gasteiger partial charge in [0.1, 0.15) is 5.75 Å². The molecule has 0 radical (unpaired) electrons. The van der Waals surface area contributed by atoms with Crippen molar-refractivity contribution < 1.29 is 14.3 Å². The van der Waals surface area contributed by atoms with Gasteiger partial charge in [-0.1, -0.05) is 36.4 Å². The number of unbranched alkanes of at least 4 members (excludes halogenated alkanes) is 1. The molecule has 1 N–H and O–H groups in total. The Morgan fingerprint density at radius 2 is 2.09 bits per heavy atom. The zero-order valence-corrected chi connectivity index (χ0v) is 14.7. The number of carbonyl (C=O) groups excluding carboxylic acids is 1. The van der Waals surface area contributed by atoms with Gasteiger partial charge in [-0.2, -0.15) is 0 Å². The maximum absolute atomic E-state index is 11.5. The number of benzene rings is 1. The lowest BCUT2D eigenvalue weighted by Gasteiger charge is -2.03. The number of nitrogens with one attached hydrogen (secondary N) is 1. The van der Waals surface area contributed by atoms with Crippen molar-refractivity contribution in [2.45, 2.75) is 24.1 Å². The fraction of sp³-hybridized carbons (Fsp3) is 0.400. The largest absolute Gasteiger partial charge is 0.497 e. The van der Waals surface area contributed by atoms with E-state index in [1.807, 2.05) is 24.3 Å². The highest BCUT2D eigenvalue weighted by molar-refractivity contribution is 8.01. The second-order valence-electron chi connectivity index (χ2n) is 4.59. The lowest BCUT2D eigenvalue weighted by atomic mass is 10.3. The summed E-state index contributed by atoms with van der Waals surface area (Å²) in [6.07, 6.45) is 1.91. The molecule has 0 unspecified atom stereocenters. The van der Waals surface area contributed by atoms with Crippen molar-refractivity contribution in [1.82, 2.24) is 10.2 Å². The number of rotatable bonds is 9. The van der Waals surface area contributed by atoms with Crippen molar-refractivity contribution in [3.8, 4) is 5.75 Å². The first kappa shape index (κ1) is 17.6. The number of methoxy groups -OCH3 is 1. The van der Waals surface area contributed by atoms with Crippen LogP contribution in [0.3, 0.4) is 0 Å². The minimum atomic E-state index is -0.219. The smallest absolute Gasteiger partial charge is 0.316 e. The van der Waals surface area contributed by atoms with Crippen LogP contribution in [0.25, 0.3) is 0 Å². The Hall–Kier alpha value is -1.80. The third kappa shape index (κ3) is 6.07. The van der Waals surface area contributed by atoms with Gasteiger partial charge in [-0.05, 0) is 30.7 Å². The van der Waals surface area contributed by atoms with Gasteiger partial charge in [-0.25, -0.2) is 0 Å². The molecule has 0 amide bonds. The van der Waals surface area contributed by atoms with E-state index in [0.29, 0.717) is 11.7 Å². The topological polar surface area (TPSA) is 73.3 Å². The van der Waals surface area contributed by atoms with E-state index in [9.17, 15) is 4.79 Å². The summed E-state index contributed by atoms with van der Waals surface area (Å²) in [6.45, 7) is 2.54. The van der Waals surface area contributed by atoms with Gasteiger partial charge >= 0.3 is 5.97 Å². The number of hydrogen-bond acceptors (Lipinski definition) is 8. The molecule has 0 fully saturated rings. The van der Waals surface area contributed by atoms with E-state index in [4.69, 9.17) is 9.47 Å². The van der Waals surface area contributed by atoms with Crippen LogP contribution in [-0.2, 0) is 9.53 Å². The molecule has 1 aromatic heterocycles. The summed E-state index contributed by atoms with van der Waals surface area (Å²) < 4.78 is 10.9. The molecule has 0 aliphatic heterocycles. The zero-order chi connectivity index (χ0) is 16.5. The van der Waals surface area contributed by atoms with E-state index in [-0.39, 0.29) is 11.7 Å². The van der Waals surface area contributed by atoms with Crippen LogP contribution >= 0.6 is 23.1 Å². The van der Waals surface area contributed by atoms with E-state index in [1.165, 1.54) is 23.1 Å². The van der Waals surface area contributed by atoms with Crippen LogP contribution in [0.5, 0.6) is 5.75 Å². The normalized spacial score (nSPS) is 10.3. The molecule has 0 aliphatic carbocycles. The summed E-state index contributed by atoms with van der Waals surface area (Å²) in [7, 11) is 1.63. The number of ether oxygens (including phenoxy) is 2. The summed E-state index contributed by atoms with van der Waals surface area (Å²) >= 11 is 2.73. The van der Waals surface area contributed by atoms with Gasteiger partial charge in [0.15, 0.2) is 4.34 Å². The molecule has 0 aliphatic rings. The maximum Gasteiger partial charge on any atom is 0.316 e. The van der Waals surface area contributed by atoms with Gasteiger partial charge in [-0.15, -0.1) is 10.2 Å². The SMILES string of the molecule is CCCCOC(=O)CSc1nnc(Nc2ccc(OC)cc2)s1. The van der Waals surface area contributed by atoms with E-state index >= 15 is 0 Å². The Balaban J connectivity index is 1.79. The van der Waals surface area contributed by atoms with Gasteiger partial charge in [-0.3, -0.25) is 4.79 Å². The van der Waals surface area contributed by atoms with Crippen molar-refractivity contribution >= 4 is 39.9 Å². The second-order valence-corrected chi connectivity index (χ2v) is 6.79. The molecule has 0 bridgehead atoms. The first-order chi connectivity index (χ1) is 11.2. The summed E-state index contributed by atoms with van der Waals surface area (Å²) in [6, 6.07) is 7.53. The van der Waals surface area contributed by atoms with Crippen LogP contribution in [0.1, 0.15) is 19.8 Å². The Bertz CT molecular complexity index is 617. The Labute approximate surface area is 143 Å². The minimum Gasteiger partial charge on any atom is -0.497 e. The third-order valence-corrected chi connectivity index (χ3v) is 4.77. The van der Waals surface area contributed by atoms with Crippen molar-refractivity contribution in [1.29, 1.82) is 0 Å². The lowest BCUT2D eigenvalue weighted by molar-refractivity contribution is -0.140. The maximum atomic E-state index is 11.5. The molecule has 23 heavy (non-hydrogen) atoms. The Morgan fingerprint density at radius 3 is 2.78 bits per heavy atom. The third-order valence-electron chi connectivity index (χ3n) is 2.82. The monoisotopic (exact) mass is 353 g/mol. The van der Waals surface area contributed by atoms with Crippen LogP contribution in [0.4, 0.5) is 10.8 Å². The van der Waals surface area contributed by atoms with Crippen molar-refractivity contribution in [2.24, 2.45) is 0 Å². The summed E-state index contributed by atoms with van der Waals surface area (Å²) in [5.74, 6) is 0.829. The average molecular weight is 353 g/mol. The Morgan fingerprint density at radius 1 is 1.30 bits per heavy atom. The zero-order valence-electron chi connectivity index (χ0n) is 13.1. The highest BCUT2D eigenvalue weighted by Crippen LogP contribution is 2.28. The van der Waals surface area contributed by atoms with Gasteiger partial charge in [0.2, 0.25) is 5.13 Å². The molecule has 2 rings (SSSR count). The van der Waals surface area contributed by atoms with Gasteiger partial charge < -0.3 is 14.8 Å². The number of anilines is 2. The molecular weight excluding hydrogens is 334 g/mol. The predicted octanol–water partition coefficient (Wildman–Crippen LogP) is 3.73. The van der Waals surface area contributed by atoms with E-state index in [1.54, 1.807) is 7.11 Å². The molecule has 124 valence electrons. The highest BCUT2D eigenvalue weighted by atomic mass is 32.2. The standard InChI is InChI=1S/C15H19N3O3S2/c1-3-4-9-21-13(19)10-22-15-18-17-14(23-15)16-11-5-7-12(20-2)8-6-11/h5-8H,3-4,9-10H2,1-2H3,(H,16,17). The fourth-order valence-corrected chi connectivity index (χ4v) is 3.18. The number of nitrogens with zero attached hydrogens (tertiary/aromatic N) is 2. The minimum absolute atomic E-state index is 0.219. The molecule has 0 saturated heterocycles. The van der Waals surface area contributed by atoms with Crippen LogP contribution in [0, 0.1) is 0 Å². The number of hydrogen-bond donors (Lipinski definition) is 1. The first-order valence-electron chi connectivity index (χ1n) is 7.24. The molecule has 0 atom stereocenters. The van der Waals surface area contributed by atoms with Crippen molar-refractivity contribution in [3.05, 3.63) is 24.3 Å². The van der Waals surface area contributed by atoms with E-state index < -0.39 is 0 Å². The van der Waals surface area contributed by atoms with Crippen LogP contribution in [0.15, 0.2) is 28.6 Å². The van der Waals surface area contributed by atoms with Gasteiger partial charge in [0, 0.05) is 5.69 Å². The number of thioether (sulfide) groups is 1.